The van der Waals surface area contributed by atoms with E-state index in [1.54, 1.807) is 11.1 Å². The van der Waals surface area contributed by atoms with E-state index in [9.17, 15) is 0 Å². The Labute approximate surface area is 128 Å². The van der Waals surface area contributed by atoms with Gasteiger partial charge in [-0.3, -0.25) is 0 Å². The lowest BCUT2D eigenvalue weighted by molar-refractivity contribution is 0.862. The summed E-state index contributed by atoms with van der Waals surface area (Å²) >= 11 is 0. The molecular weight excluding hydrogens is 254 g/mol. The van der Waals surface area contributed by atoms with E-state index >= 15 is 0 Å². The molecule has 0 aliphatic heterocycles. The van der Waals surface area contributed by atoms with Gasteiger partial charge in [-0.2, -0.15) is 0 Å². The van der Waals surface area contributed by atoms with Crippen LogP contribution in [0.1, 0.15) is 61.4 Å². The molecular formula is C20H25N. The van der Waals surface area contributed by atoms with Crippen molar-refractivity contribution in [3.05, 3.63) is 64.7 Å². The molecule has 0 fully saturated rings. The molecule has 0 heterocycles. The minimum absolute atomic E-state index is 0.348. The van der Waals surface area contributed by atoms with Gasteiger partial charge in [-0.1, -0.05) is 44.2 Å². The van der Waals surface area contributed by atoms with E-state index in [0.29, 0.717) is 12.0 Å². The average molecular weight is 279 g/mol. The van der Waals surface area contributed by atoms with Gasteiger partial charge in [0.1, 0.15) is 0 Å². The number of aryl methyl sites for hydroxylation is 2. The second-order valence-electron chi connectivity index (χ2n) is 6.52. The highest BCUT2D eigenvalue weighted by atomic mass is 14.9. The third kappa shape index (κ3) is 3.12. The highest BCUT2D eigenvalue weighted by Crippen LogP contribution is 2.27. The molecule has 1 N–H and O–H groups in total. The van der Waals surface area contributed by atoms with Crippen LogP contribution in [0.15, 0.2) is 42.5 Å². The van der Waals surface area contributed by atoms with Gasteiger partial charge >= 0.3 is 0 Å². The van der Waals surface area contributed by atoms with Crippen molar-refractivity contribution < 1.29 is 0 Å². The van der Waals surface area contributed by atoms with Gasteiger partial charge in [0.25, 0.3) is 0 Å². The summed E-state index contributed by atoms with van der Waals surface area (Å²) in [6, 6.07) is 16.2. The number of nitrogens with one attached hydrogen (secondary N) is 1. The summed E-state index contributed by atoms with van der Waals surface area (Å²) in [6.45, 7) is 6.71. The lowest BCUT2D eigenvalue weighted by atomic mass is 10.0. The minimum Gasteiger partial charge on any atom is -0.379 e. The highest BCUT2D eigenvalue weighted by molar-refractivity contribution is 5.48. The fourth-order valence-electron chi connectivity index (χ4n) is 3.16. The molecule has 0 bridgehead atoms. The molecule has 2 aromatic carbocycles. The fourth-order valence-corrected chi connectivity index (χ4v) is 3.16. The van der Waals surface area contributed by atoms with E-state index in [-0.39, 0.29) is 0 Å². The summed E-state index contributed by atoms with van der Waals surface area (Å²) in [5.41, 5.74) is 7.09. The molecule has 3 rings (SSSR count). The standard InChI is InChI=1S/C20H25N/c1-14(2)16-9-11-20(12-10-16)21-15(3)18-8-7-17-5-4-6-19(17)13-18/h7-15,21H,4-6H2,1-3H3. The zero-order valence-electron chi connectivity index (χ0n) is 13.3. The highest BCUT2D eigenvalue weighted by Gasteiger charge is 2.13. The van der Waals surface area contributed by atoms with Crippen LogP contribution in [0, 0.1) is 0 Å². The van der Waals surface area contributed by atoms with Gasteiger partial charge in [0.15, 0.2) is 0 Å². The zero-order chi connectivity index (χ0) is 14.8. The van der Waals surface area contributed by atoms with Crippen molar-refractivity contribution in [3.8, 4) is 0 Å². The molecule has 110 valence electrons. The molecule has 0 saturated carbocycles. The Morgan fingerprint density at radius 3 is 2.19 bits per heavy atom. The van der Waals surface area contributed by atoms with Crippen LogP contribution < -0.4 is 5.32 Å². The summed E-state index contributed by atoms with van der Waals surface area (Å²) in [4.78, 5) is 0. The lowest BCUT2D eigenvalue weighted by Gasteiger charge is -2.17. The number of benzene rings is 2. The molecule has 0 aromatic heterocycles. The first-order chi connectivity index (χ1) is 10.1. The molecule has 1 heteroatoms. The summed E-state index contributed by atoms with van der Waals surface area (Å²) in [5.74, 6) is 0.591. The zero-order valence-corrected chi connectivity index (χ0v) is 13.3. The first-order valence-corrected chi connectivity index (χ1v) is 8.11. The Morgan fingerprint density at radius 2 is 1.48 bits per heavy atom. The molecule has 0 radical (unpaired) electrons. The van der Waals surface area contributed by atoms with E-state index in [1.807, 2.05) is 0 Å². The predicted molar refractivity (Wildman–Crippen MR) is 91.0 cm³/mol. The SMILES string of the molecule is CC(C)c1ccc(NC(C)c2ccc3c(c2)CCC3)cc1. The van der Waals surface area contributed by atoms with E-state index in [1.165, 1.54) is 36.1 Å². The average Bonchev–Trinajstić information content (AvgIpc) is 2.95. The smallest absolute Gasteiger partial charge is 0.0485 e. The van der Waals surface area contributed by atoms with Crippen LogP contribution in [0.25, 0.3) is 0 Å². The van der Waals surface area contributed by atoms with Crippen LogP contribution in [0.2, 0.25) is 0 Å². The summed E-state index contributed by atoms with van der Waals surface area (Å²) < 4.78 is 0. The second-order valence-corrected chi connectivity index (χ2v) is 6.52. The number of fused-ring (bicyclic) bond motifs is 1. The third-order valence-electron chi connectivity index (χ3n) is 4.58. The summed E-state index contributed by atoms with van der Waals surface area (Å²) in [5, 5.41) is 3.62. The number of hydrogen-bond donors (Lipinski definition) is 1. The third-order valence-corrected chi connectivity index (χ3v) is 4.58. The van der Waals surface area contributed by atoms with Gasteiger partial charge in [-0.25, -0.2) is 0 Å². The molecule has 1 unspecified atom stereocenters. The second kappa shape index (κ2) is 5.93. The topological polar surface area (TPSA) is 12.0 Å². The first kappa shape index (κ1) is 14.2. The minimum atomic E-state index is 0.348. The van der Waals surface area contributed by atoms with Crippen LogP contribution in [0.5, 0.6) is 0 Å². The molecule has 0 amide bonds. The largest absolute Gasteiger partial charge is 0.379 e. The number of anilines is 1. The van der Waals surface area contributed by atoms with Crippen molar-refractivity contribution in [1.29, 1.82) is 0 Å². The van der Waals surface area contributed by atoms with E-state index in [2.05, 4.69) is 68.6 Å². The van der Waals surface area contributed by atoms with Gasteiger partial charge in [-0.05, 0) is 66.5 Å². The summed E-state index contributed by atoms with van der Waals surface area (Å²) in [6.07, 6.45) is 3.82. The van der Waals surface area contributed by atoms with Gasteiger partial charge < -0.3 is 5.32 Å². The maximum Gasteiger partial charge on any atom is 0.0485 e. The molecule has 1 aliphatic carbocycles. The van der Waals surface area contributed by atoms with Crippen molar-refractivity contribution in [2.24, 2.45) is 0 Å². The molecule has 1 nitrogen and oxygen atoms in total. The van der Waals surface area contributed by atoms with Crippen LogP contribution >= 0.6 is 0 Å². The Kier molecular flexibility index (Phi) is 4.01. The van der Waals surface area contributed by atoms with E-state index < -0.39 is 0 Å². The van der Waals surface area contributed by atoms with Gasteiger partial charge in [0, 0.05) is 11.7 Å². The molecule has 2 aromatic rings. The normalized spacial score (nSPS) is 15.0. The van der Waals surface area contributed by atoms with Gasteiger partial charge in [-0.15, -0.1) is 0 Å². The van der Waals surface area contributed by atoms with Gasteiger partial charge in [0.2, 0.25) is 0 Å². The van der Waals surface area contributed by atoms with E-state index in [4.69, 9.17) is 0 Å². The molecule has 1 aliphatic rings. The lowest BCUT2D eigenvalue weighted by Crippen LogP contribution is -2.07. The van der Waals surface area contributed by atoms with Crippen molar-refractivity contribution in [2.45, 2.75) is 52.0 Å². The summed E-state index contributed by atoms with van der Waals surface area (Å²) in [7, 11) is 0. The molecule has 0 saturated heterocycles. The fraction of sp³-hybridized carbons (Fsp3) is 0.400. The Balaban J connectivity index is 1.72. The molecule has 1 atom stereocenters. The van der Waals surface area contributed by atoms with Crippen molar-refractivity contribution in [1.82, 2.24) is 0 Å². The molecule has 0 spiro atoms. The maximum atomic E-state index is 3.62. The van der Waals surface area contributed by atoms with Crippen LogP contribution in [0.4, 0.5) is 5.69 Å². The van der Waals surface area contributed by atoms with Crippen molar-refractivity contribution in [3.63, 3.8) is 0 Å². The van der Waals surface area contributed by atoms with Gasteiger partial charge in [0.05, 0.1) is 0 Å². The first-order valence-electron chi connectivity index (χ1n) is 8.11. The number of rotatable bonds is 4. The van der Waals surface area contributed by atoms with Crippen LogP contribution in [0.3, 0.4) is 0 Å². The number of hydrogen-bond acceptors (Lipinski definition) is 1. The Bertz CT molecular complexity index is 610. The predicted octanol–water partition coefficient (Wildman–Crippen LogP) is 5.47. The van der Waals surface area contributed by atoms with Crippen LogP contribution in [-0.4, -0.2) is 0 Å². The van der Waals surface area contributed by atoms with Crippen LogP contribution in [-0.2, 0) is 12.8 Å². The van der Waals surface area contributed by atoms with Crippen molar-refractivity contribution >= 4 is 5.69 Å². The Hall–Kier alpha value is -1.76. The Morgan fingerprint density at radius 1 is 0.810 bits per heavy atom. The maximum absolute atomic E-state index is 3.62. The van der Waals surface area contributed by atoms with E-state index in [0.717, 1.165) is 0 Å². The van der Waals surface area contributed by atoms with Crippen molar-refractivity contribution in [2.75, 3.05) is 5.32 Å². The monoisotopic (exact) mass is 279 g/mol. The molecule has 21 heavy (non-hydrogen) atoms. The quantitative estimate of drug-likeness (QED) is 0.782.